The van der Waals surface area contributed by atoms with Gasteiger partial charge in [0.05, 0.1) is 25.4 Å². The van der Waals surface area contributed by atoms with Crippen LogP contribution in [0.25, 0.3) is 0 Å². The van der Waals surface area contributed by atoms with Crippen molar-refractivity contribution in [2.75, 3.05) is 13.2 Å². The minimum Gasteiger partial charge on any atom is -0.394 e. The van der Waals surface area contributed by atoms with Crippen LogP contribution in [0.4, 0.5) is 0 Å². The Balaban J connectivity index is 2.02. The predicted octanol–water partition coefficient (Wildman–Crippen LogP) is 21.0. The monoisotopic (exact) mass is 1190 g/mol. The molecule has 9 nitrogen and oxygen atoms in total. The van der Waals surface area contributed by atoms with Crippen molar-refractivity contribution >= 4 is 5.91 Å². The van der Waals surface area contributed by atoms with Crippen LogP contribution < -0.4 is 5.32 Å². The van der Waals surface area contributed by atoms with E-state index in [9.17, 15) is 30.3 Å². The molecule has 0 spiro atoms. The number of amides is 1. The molecule has 1 aliphatic heterocycles. The van der Waals surface area contributed by atoms with E-state index in [1.54, 1.807) is 6.08 Å². The van der Waals surface area contributed by atoms with Gasteiger partial charge >= 0.3 is 0 Å². The molecule has 1 saturated heterocycles. The first-order chi connectivity index (χ1) is 41.3. The van der Waals surface area contributed by atoms with Crippen molar-refractivity contribution in [1.29, 1.82) is 0 Å². The van der Waals surface area contributed by atoms with Crippen LogP contribution >= 0.6 is 0 Å². The Morgan fingerprint density at radius 1 is 0.393 bits per heavy atom. The van der Waals surface area contributed by atoms with Gasteiger partial charge in [-0.05, 0) is 19.3 Å². The maximum Gasteiger partial charge on any atom is 0.220 e. The first-order valence-corrected chi connectivity index (χ1v) is 37.9. The van der Waals surface area contributed by atoms with Crippen molar-refractivity contribution in [2.45, 2.75) is 448 Å². The highest BCUT2D eigenvalue weighted by atomic mass is 16.7. The van der Waals surface area contributed by atoms with Gasteiger partial charge in [-0.25, -0.2) is 0 Å². The molecule has 84 heavy (non-hydrogen) atoms. The number of allylic oxidation sites excluding steroid dienone is 1. The topological polar surface area (TPSA) is 149 Å². The largest absolute Gasteiger partial charge is 0.394 e. The first-order valence-electron chi connectivity index (χ1n) is 37.9. The quantitative estimate of drug-likeness (QED) is 0.0261. The Morgan fingerprint density at radius 2 is 0.655 bits per heavy atom. The lowest BCUT2D eigenvalue weighted by molar-refractivity contribution is -0.302. The third kappa shape index (κ3) is 52.8. The van der Waals surface area contributed by atoms with Gasteiger partial charge in [-0.3, -0.25) is 4.79 Å². The van der Waals surface area contributed by atoms with Crippen LogP contribution in [0.2, 0.25) is 0 Å². The Labute approximate surface area is 522 Å². The zero-order valence-electron chi connectivity index (χ0n) is 56.2. The number of ether oxygens (including phenoxy) is 2. The Bertz CT molecular complexity index is 1330. The zero-order chi connectivity index (χ0) is 60.7. The predicted molar refractivity (Wildman–Crippen MR) is 360 cm³/mol. The number of carbonyl (C=O) groups excluding carboxylic acids is 1. The molecule has 0 aromatic heterocycles. The molecule has 9 heteroatoms. The van der Waals surface area contributed by atoms with Gasteiger partial charge in [0.15, 0.2) is 6.29 Å². The van der Waals surface area contributed by atoms with Gasteiger partial charge < -0.3 is 40.3 Å². The minimum atomic E-state index is -1.56. The molecule has 0 radical (unpaired) electrons. The smallest absolute Gasteiger partial charge is 0.220 e. The number of aliphatic hydroxyl groups is 5. The molecule has 1 rings (SSSR count). The van der Waals surface area contributed by atoms with Crippen LogP contribution in [-0.2, 0) is 14.3 Å². The minimum absolute atomic E-state index is 0.166. The number of nitrogens with one attached hydrogen (secondary N) is 1. The highest BCUT2D eigenvalue weighted by Crippen LogP contribution is 2.24. The summed E-state index contributed by atoms with van der Waals surface area (Å²) in [5.41, 5.74) is 0. The number of hydrogen-bond acceptors (Lipinski definition) is 8. The highest BCUT2D eigenvalue weighted by molar-refractivity contribution is 5.76. The van der Waals surface area contributed by atoms with E-state index in [-0.39, 0.29) is 12.5 Å². The summed E-state index contributed by atoms with van der Waals surface area (Å²) >= 11 is 0. The van der Waals surface area contributed by atoms with Crippen LogP contribution in [0, 0.1) is 0 Å². The van der Waals surface area contributed by atoms with Crippen molar-refractivity contribution in [3.05, 3.63) is 12.2 Å². The third-order valence-electron chi connectivity index (χ3n) is 18.6. The fourth-order valence-electron chi connectivity index (χ4n) is 12.7. The van der Waals surface area contributed by atoms with Crippen LogP contribution in [0.5, 0.6) is 0 Å². The summed E-state index contributed by atoms with van der Waals surface area (Å²) in [6.45, 7) is 3.85. The summed E-state index contributed by atoms with van der Waals surface area (Å²) in [6, 6.07) is -0.802. The molecule has 1 heterocycles. The summed E-state index contributed by atoms with van der Waals surface area (Å²) in [5, 5.41) is 54.8. The lowest BCUT2D eigenvalue weighted by Crippen LogP contribution is -2.60. The summed E-state index contributed by atoms with van der Waals surface area (Å²) in [4.78, 5) is 13.1. The summed E-state index contributed by atoms with van der Waals surface area (Å²) in [5.74, 6) is -0.166. The number of hydrogen-bond donors (Lipinski definition) is 6. The van der Waals surface area contributed by atoms with Gasteiger partial charge in [-0.2, -0.15) is 0 Å². The van der Waals surface area contributed by atoms with Crippen molar-refractivity contribution in [1.82, 2.24) is 5.32 Å². The van der Waals surface area contributed by atoms with E-state index >= 15 is 0 Å². The highest BCUT2D eigenvalue weighted by Gasteiger charge is 2.44. The Kier molecular flexibility index (Phi) is 62.5. The van der Waals surface area contributed by atoms with Crippen molar-refractivity contribution in [3.63, 3.8) is 0 Å². The van der Waals surface area contributed by atoms with Gasteiger partial charge in [0.25, 0.3) is 0 Å². The molecule has 500 valence electrons. The molecule has 0 aliphatic carbocycles. The molecule has 1 fully saturated rings. The summed E-state index contributed by atoms with van der Waals surface area (Å²) in [7, 11) is 0. The average Bonchev–Trinajstić information content (AvgIpc) is 3.69. The molecule has 7 atom stereocenters. The average molecular weight is 1190 g/mol. The van der Waals surface area contributed by atoms with Crippen LogP contribution in [-0.4, -0.2) is 87.5 Å². The van der Waals surface area contributed by atoms with E-state index in [1.165, 1.54) is 347 Å². The second kappa shape index (κ2) is 64.9. The van der Waals surface area contributed by atoms with Gasteiger partial charge in [-0.15, -0.1) is 0 Å². The molecular formula is C75H147NO8. The summed E-state index contributed by atoms with van der Waals surface area (Å²) < 4.78 is 11.3. The molecule has 0 aromatic carbocycles. The zero-order valence-corrected chi connectivity index (χ0v) is 56.2. The second-order valence-electron chi connectivity index (χ2n) is 26.8. The molecule has 1 amide bonds. The van der Waals surface area contributed by atoms with Crippen LogP contribution in [0.1, 0.15) is 406 Å². The molecule has 1 aliphatic rings. The van der Waals surface area contributed by atoms with E-state index < -0.39 is 49.5 Å². The lowest BCUT2D eigenvalue weighted by Gasteiger charge is -2.40. The molecular weight excluding hydrogens is 1040 g/mol. The molecule has 0 saturated carbocycles. The number of unbranched alkanes of at least 4 members (excludes halogenated alkanes) is 58. The molecule has 0 bridgehead atoms. The SMILES string of the molecule is CCCCCCCCCCCCCCCCCCCCC/C=C/C(O)C(COC1OC(CO)C(O)C(O)C1O)NC(=O)CCCCCCCCCCCCCCCCCCCCCCCCCCCCCCCCCCCCCCCCCC. The van der Waals surface area contributed by atoms with Gasteiger partial charge in [-0.1, -0.05) is 392 Å². The van der Waals surface area contributed by atoms with E-state index in [2.05, 4.69) is 19.2 Å². The van der Waals surface area contributed by atoms with Gasteiger partial charge in [0.2, 0.25) is 5.91 Å². The van der Waals surface area contributed by atoms with E-state index in [4.69, 9.17) is 9.47 Å². The van der Waals surface area contributed by atoms with Crippen molar-refractivity contribution in [3.8, 4) is 0 Å². The Hall–Kier alpha value is -1.07. The standard InChI is InChI=1S/C75H147NO8/c1-3-5-7-9-11-13-15-17-19-21-23-25-26-27-28-29-30-31-32-33-34-35-36-37-38-39-40-41-42-43-45-47-49-51-53-55-57-59-61-63-65-71(79)76-68(67-83-75-74(82)73(81)72(80)70(66-77)84-75)69(78)64-62-60-58-56-54-52-50-48-46-44-24-22-20-18-16-14-12-10-8-6-4-2/h62,64,68-70,72-75,77-78,80-82H,3-61,63,65-67H2,1-2H3,(H,76,79)/b64-62+. The fourth-order valence-corrected chi connectivity index (χ4v) is 12.7. The number of carbonyl (C=O) groups is 1. The number of aliphatic hydroxyl groups excluding tert-OH is 5. The molecule has 6 N–H and O–H groups in total. The lowest BCUT2D eigenvalue weighted by atomic mass is 9.99. The van der Waals surface area contributed by atoms with Crippen molar-refractivity contribution in [2.24, 2.45) is 0 Å². The van der Waals surface area contributed by atoms with Crippen LogP contribution in [0.3, 0.4) is 0 Å². The van der Waals surface area contributed by atoms with E-state index in [1.807, 2.05) is 6.08 Å². The maximum absolute atomic E-state index is 13.1. The Morgan fingerprint density at radius 3 is 0.929 bits per heavy atom. The maximum atomic E-state index is 13.1. The third-order valence-corrected chi connectivity index (χ3v) is 18.6. The van der Waals surface area contributed by atoms with Crippen molar-refractivity contribution < 1.29 is 39.8 Å². The normalized spacial score (nSPS) is 18.1. The van der Waals surface area contributed by atoms with Crippen LogP contribution in [0.15, 0.2) is 12.2 Å². The molecule has 0 aromatic rings. The first kappa shape index (κ1) is 80.9. The number of rotatable bonds is 68. The molecule has 7 unspecified atom stereocenters. The summed E-state index contributed by atoms with van der Waals surface area (Å²) in [6.07, 6.45) is 77.9. The van der Waals surface area contributed by atoms with E-state index in [0.29, 0.717) is 6.42 Å². The second-order valence-corrected chi connectivity index (χ2v) is 26.8. The fraction of sp³-hybridized carbons (Fsp3) is 0.960. The van der Waals surface area contributed by atoms with E-state index in [0.717, 1.165) is 38.5 Å². The van der Waals surface area contributed by atoms with Gasteiger partial charge in [0.1, 0.15) is 24.4 Å². The van der Waals surface area contributed by atoms with Gasteiger partial charge in [0, 0.05) is 6.42 Å².